The fourth-order valence-corrected chi connectivity index (χ4v) is 2.75. The van der Waals surface area contributed by atoms with E-state index in [2.05, 4.69) is 10.6 Å². The quantitative estimate of drug-likeness (QED) is 0.763. The number of urea groups is 1. The maximum absolute atomic E-state index is 11.6. The van der Waals surface area contributed by atoms with E-state index in [1.807, 2.05) is 16.8 Å². The Bertz CT molecular complexity index is 400. The first kappa shape index (κ1) is 14.3. The molecular formula is C13H20N2O3S. The van der Waals surface area contributed by atoms with Crippen LogP contribution in [0.1, 0.15) is 18.9 Å². The van der Waals surface area contributed by atoms with E-state index < -0.39 is 5.60 Å². The van der Waals surface area contributed by atoms with Crippen molar-refractivity contribution in [3.05, 3.63) is 22.4 Å². The highest BCUT2D eigenvalue weighted by molar-refractivity contribution is 7.08. The van der Waals surface area contributed by atoms with Crippen molar-refractivity contribution in [2.24, 2.45) is 5.92 Å². The molecule has 2 amide bonds. The first-order chi connectivity index (χ1) is 9.08. The zero-order chi connectivity index (χ0) is 13.7. The summed E-state index contributed by atoms with van der Waals surface area (Å²) in [5.74, 6) is 0.406. The standard InChI is InChI=1S/C13H20N2O3S/c1-13(17,11-3-5-19-8-11)9-15-12(16)14-6-10-2-4-18-7-10/h3,5,8,10,17H,2,4,6-7,9H2,1H3,(H2,14,15,16)/t10-,13-/m0/s1. The van der Waals surface area contributed by atoms with Crippen molar-refractivity contribution < 1.29 is 14.6 Å². The molecule has 106 valence electrons. The van der Waals surface area contributed by atoms with Crippen LogP contribution >= 0.6 is 11.3 Å². The number of hydrogen-bond donors (Lipinski definition) is 3. The smallest absolute Gasteiger partial charge is 0.314 e. The van der Waals surface area contributed by atoms with Crippen LogP contribution in [0.25, 0.3) is 0 Å². The normalized spacial score (nSPS) is 21.9. The maximum atomic E-state index is 11.6. The molecule has 2 rings (SSSR count). The molecule has 2 atom stereocenters. The van der Waals surface area contributed by atoms with Crippen molar-refractivity contribution >= 4 is 17.4 Å². The summed E-state index contributed by atoms with van der Waals surface area (Å²) in [7, 11) is 0. The Morgan fingerprint density at radius 3 is 3.11 bits per heavy atom. The van der Waals surface area contributed by atoms with Crippen LogP contribution in [0.4, 0.5) is 4.79 Å². The van der Waals surface area contributed by atoms with Crippen molar-refractivity contribution in [1.29, 1.82) is 0 Å². The first-order valence-corrected chi connectivity index (χ1v) is 7.37. The molecule has 3 N–H and O–H groups in total. The second-order valence-corrected chi connectivity index (χ2v) is 5.86. The molecule has 1 fully saturated rings. The molecule has 1 aliphatic rings. The number of ether oxygens (including phenoxy) is 1. The van der Waals surface area contributed by atoms with Crippen LogP contribution in [0.15, 0.2) is 16.8 Å². The van der Waals surface area contributed by atoms with Gasteiger partial charge >= 0.3 is 6.03 Å². The Kier molecular flexibility index (Phi) is 4.79. The lowest BCUT2D eigenvalue weighted by Gasteiger charge is -2.23. The Hall–Kier alpha value is -1.11. The number of carbonyl (C=O) groups excluding carboxylic acids is 1. The number of rotatable bonds is 5. The van der Waals surface area contributed by atoms with Gasteiger partial charge in [-0.25, -0.2) is 4.79 Å². The van der Waals surface area contributed by atoms with Gasteiger partial charge in [0.25, 0.3) is 0 Å². The third-order valence-corrected chi connectivity index (χ3v) is 3.99. The van der Waals surface area contributed by atoms with Gasteiger partial charge in [0.05, 0.1) is 13.2 Å². The average molecular weight is 284 g/mol. The topological polar surface area (TPSA) is 70.6 Å². The Balaban J connectivity index is 1.70. The molecule has 0 spiro atoms. The van der Waals surface area contributed by atoms with Gasteiger partial charge in [-0.15, -0.1) is 0 Å². The van der Waals surface area contributed by atoms with E-state index >= 15 is 0 Å². The van der Waals surface area contributed by atoms with E-state index in [0.717, 1.165) is 18.6 Å². The second kappa shape index (κ2) is 6.36. The molecule has 0 bridgehead atoms. The molecule has 0 saturated carbocycles. The van der Waals surface area contributed by atoms with E-state index in [0.29, 0.717) is 19.1 Å². The van der Waals surface area contributed by atoms with Crippen LogP contribution in [0.5, 0.6) is 0 Å². The molecule has 1 saturated heterocycles. The van der Waals surface area contributed by atoms with Gasteiger partial charge in [-0.1, -0.05) is 0 Å². The van der Waals surface area contributed by atoms with Crippen molar-refractivity contribution in [2.75, 3.05) is 26.3 Å². The molecule has 0 unspecified atom stereocenters. The van der Waals surface area contributed by atoms with Crippen molar-refractivity contribution in [3.8, 4) is 0 Å². The minimum absolute atomic E-state index is 0.191. The summed E-state index contributed by atoms with van der Waals surface area (Å²) in [5, 5.41) is 19.5. The van der Waals surface area contributed by atoms with Crippen LogP contribution in [-0.4, -0.2) is 37.4 Å². The van der Waals surface area contributed by atoms with Crippen molar-refractivity contribution in [2.45, 2.75) is 18.9 Å². The number of aliphatic hydroxyl groups is 1. The third kappa shape index (κ3) is 4.19. The summed E-state index contributed by atoms with van der Waals surface area (Å²) in [6.45, 7) is 4.00. The molecule has 0 aliphatic carbocycles. The summed E-state index contributed by atoms with van der Waals surface area (Å²) >= 11 is 1.53. The molecule has 0 radical (unpaired) electrons. The van der Waals surface area contributed by atoms with E-state index in [-0.39, 0.29) is 12.6 Å². The summed E-state index contributed by atoms with van der Waals surface area (Å²) < 4.78 is 5.24. The SMILES string of the molecule is C[C@](O)(CNC(=O)NC[C@@H]1CCOC1)c1ccsc1. The van der Waals surface area contributed by atoms with Gasteiger partial charge in [0, 0.05) is 19.1 Å². The molecule has 1 aromatic rings. The minimum Gasteiger partial charge on any atom is -0.384 e. The largest absolute Gasteiger partial charge is 0.384 e. The molecule has 1 aromatic heterocycles. The zero-order valence-corrected chi connectivity index (χ0v) is 11.8. The maximum Gasteiger partial charge on any atom is 0.314 e. The Morgan fingerprint density at radius 2 is 2.47 bits per heavy atom. The Labute approximate surface area is 117 Å². The fourth-order valence-electron chi connectivity index (χ4n) is 1.97. The van der Waals surface area contributed by atoms with Crippen LogP contribution in [0, 0.1) is 5.92 Å². The van der Waals surface area contributed by atoms with Gasteiger partial charge in [-0.2, -0.15) is 11.3 Å². The van der Waals surface area contributed by atoms with Crippen LogP contribution in [-0.2, 0) is 10.3 Å². The van der Waals surface area contributed by atoms with E-state index in [1.165, 1.54) is 11.3 Å². The lowest BCUT2D eigenvalue weighted by molar-refractivity contribution is 0.0598. The molecule has 19 heavy (non-hydrogen) atoms. The summed E-state index contributed by atoms with van der Waals surface area (Å²) in [6.07, 6.45) is 0.993. The van der Waals surface area contributed by atoms with Gasteiger partial charge in [-0.3, -0.25) is 0 Å². The minimum atomic E-state index is -1.03. The summed E-state index contributed by atoms with van der Waals surface area (Å²) in [5.41, 5.74) is -0.213. The van der Waals surface area contributed by atoms with Crippen molar-refractivity contribution in [1.82, 2.24) is 10.6 Å². The highest BCUT2D eigenvalue weighted by Crippen LogP contribution is 2.21. The van der Waals surface area contributed by atoms with Gasteiger partial charge in [0.1, 0.15) is 5.60 Å². The van der Waals surface area contributed by atoms with Crippen LogP contribution in [0.2, 0.25) is 0 Å². The molecule has 0 aromatic carbocycles. The van der Waals surface area contributed by atoms with E-state index in [9.17, 15) is 9.90 Å². The first-order valence-electron chi connectivity index (χ1n) is 6.42. The van der Waals surface area contributed by atoms with Crippen LogP contribution < -0.4 is 10.6 Å². The third-order valence-electron chi connectivity index (χ3n) is 3.31. The number of carbonyl (C=O) groups is 1. The van der Waals surface area contributed by atoms with Crippen molar-refractivity contribution in [3.63, 3.8) is 0 Å². The van der Waals surface area contributed by atoms with Crippen LogP contribution in [0.3, 0.4) is 0 Å². The molecule has 2 heterocycles. The molecule has 5 nitrogen and oxygen atoms in total. The number of hydrogen-bond acceptors (Lipinski definition) is 4. The fraction of sp³-hybridized carbons (Fsp3) is 0.615. The van der Waals surface area contributed by atoms with E-state index in [1.54, 1.807) is 6.92 Å². The van der Waals surface area contributed by atoms with Gasteiger partial charge in [-0.05, 0) is 35.7 Å². The predicted molar refractivity (Wildman–Crippen MR) is 74.2 cm³/mol. The lowest BCUT2D eigenvalue weighted by atomic mass is 9.99. The zero-order valence-electron chi connectivity index (χ0n) is 11.0. The number of amides is 2. The molecule has 6 heteroatoms. The molecular weight excluding hydrogens is 264 g/mol. The lowest BCUT2D eigenvalue weighted by Crippen LogP contribution is -2.44. The number of nitrogens with one attached hydrogen (secondary N) is 2. The highest BCUT2D eigenvalue weighted by atomic mass is 32.1. The van der Waals surface area contributed by atoms with Gasteiger partial charge in [0.2, 0.25) is 0 Å². The summed E-state index contributed by atoms with van der Waals surface area (Å²) in [6, 6.07) is 1.61. The van der Waals surface area contributed by atoms with Gasteiger partial charge < -0.3 is 20.5 Å². The predicted octanol–water partition coefficient (Wildman–Crippen LogP) is 1.29. The van der Waals surface area contributed by atoms with E-state index in [4.69, 9.17) is 4.74 Å². The summed E-state index contributed by atoms with van der Waals surface area (Å²) in [4.78, 5) is 11.6. The highest BCUT2D eigenvalue weighted by Gasteiger charge is 2.24. The average Bonchev–Trinajstić information content (AvgIpc) is 3.06. The number of thiophene rings is 1. The monoisotopic (exact) mass is 284 g/mol. The molecule has 1 aliphatic heterocycles. The van der Waals surface area contributed by atoms with Gasteiger partial charge in [0.15, 0.2) is 0 Å². The second-order valence-electron chi connectivity index (χ2n) is 5.08. The Morgan fingerprint density at radius 1 is 1.63 bits per heavy atom.